The third-order valence-corrected chi connectivity index (χ3v) is 5.83. The zero-order chi connectivity index (χ0) is 18.4. The molecule has 2 aliphatic rings. The number of pyridine rings is 1. The molecule has 3 heterocycles. The van der Waals surface area contributed by atoms with Crippen LogP contribution in [0.3, 0.4) is 0 Å². The van der Waals surface area contributed by atoms with Gasteiger partial charge in [0.1, 0.15) is 0 Å². The summed E-state index contributed by atoms with van der Waals surface area (Å²) in [6, 6.07) is 12.3. The van der Waals surface area contributed by atoms with Crippen LogP contribution in [-0.4, -0.2) is 27.9 Å². The predicted octanol–water partition coefficient (Wildman–Crippen LogP) is 3.12. The summed E-state index contributed by atoms with van der Waals surface area (Å²) in [5.41, 5.74) is 5.69. The van der Waals surface area contributed by atoms with Crippen molar-refractivity contribution >= 4 is 16.6 Å². The number of hydrogen-bond acceptors (Lipinski definition) is 4. The summed E-state index contributed by atoms with van der Waals surface area (Å²) in [6.07, 6.45) is 4.37. The maximum atomic E-state index is 12.4. The minimum absolute atomic E-state index is 0.0549. The Morgan fingerprint density at radius 3 is 2.81 bits per heavy atom. The van der Waals surface area contributed by atoms with E-state index in [2.05, 4.69) is 39.2 Å². The van der Waals surface area contributed by atoms with Crippen LogP contribution in [0.5, 0.6) is 0 Å². The summed E-state index contributed by atoms with van der Waals surface area (Å²) < 4.78 is 1.70. The van der Waals surface area contributed by atoms with Crippen LogP contribution in [0.1, 0.15) is 29.8 Å². The van der Waals surface area contributed by atoms with Gasteiger partial charge in [-0.05, 0) is 50.3 Å². The predicted molar refractivity (Wildman–Crippen MR) is 107 cm³/mol. The number of benzene rings is 1. The van der Waals surface area contributed by atoms with E-state index in [1.165, 1.54) is 23.9 Å². The number of aryl methyl sites for hydroxylation is 3. The van der Waals surface area contributed by atoms with Gasteiger partial charge in [0, 0.05) is 41.8 Å². The summed E-state index contributed by atoms with van der Waals surface area (Å²) in [6.45, 7) is 4.67. The molecule has 5 nitrogen and oxygen atoms in total. The molecule has 1 aromatic carbocycles. The fourth-order valence-corrected chi connectivity index (χ4v) is 4.41. The van der Waals surface area contributed by atoms with Gasteiger partial charge in [-0.3, -0.25) is 9.78 Å². The number of anilines is 1. The van der Waals surface area contributed by atoms with E-state index in [-0.39, 0.29) is 5.56 Å². The van der Waals surface area contributed by atoms with Gasteiger partial charge in [0.25, 0.3) is 5.56 Å². The average molecular weight is 360 g/mol. The van der Waals surface area contributed by atoms with E-state index < -0.39 is 0 Å². The van der Waals surface area contributed by atoms with Crippen LogP contribution in [0.25, 0.3) is 10.9 Å². The van der Waals surface area contributed by atoms with Gasteiger partial charge >= 0.3 is 0 Å². The molecular formula is C22H24N4O. The maximum absolute atomic E-state index is 12.4. The van der Waals surface area contributed by atoms with Crippen molar-refractivity contribution in [2.24, 2.45) is 5.92 Å². The lowest BCUT2D eigenvalue weighted by atomic mass is 9.96. The monoisotopic (exact) mass is 360 g/mol. The van der Waals surface area contributed by atoms with E-state index in [0.717, 1.165) is 48.4 Å². The second kappa shape index (κ2) is 6.48. The van der Waals surface area contributed by atoms with Crippen LogP contribution in [0.4, 0.5) is 5.69 Å². The Balaban J connectivity index is 1.34. The number of aromatic nitrogens is 3. The molecule has 138 valence electrons. The van der Waals surface area contributed by atoms with Crippen molar-refractivity contribution in [2.75, 3.05) is 18.0 Å². The summed E-state index contributed by atoms with van der Waals surface area (Å²) in [5, 5.41) is 5.87. The normalized spacial score (nSPS) is 17.0. The van der Waals surface area contributed by atoms with Crippen LogP contribution in [0, 0.1) is 12.8 Å². The lowest BCUT2D eigenvalue weighted by Gasteiger charge is -2.41. The van der Waals surface area contributed by atoms with Crippen molar-refractivity contribution in [3.05, 3.63) is 63.7 Å². The fourth-order valence-electron chi connectivity index (χ4n) is 4.41. The van der Waals surface area contributed by atoms with Crippen molar-refractivity contribution < 1.29 is 0 Å². The van der Waals surface area contributed by atoms with E-state index >= 15 is 0 Å². The van der Waals surface area contributed by atoms with Gasteiger partial charge in [-0.1, -0.05) is 18.2 Å². The molecule has 0 atom stereocenters. The van der Waals surface area contributed by atoms with Gasteiger partial charge in [-0.2, -0.15) is 5.10 Å². The van der Waals surface area contributed by atoms with Crippen LogP contribution in [0.2, 0.25) is 0 Å². The fraction of sp³-hybridized carbons (Fsp3) is 0.409. The molecule has 0 bridgehead atoms. The van der Waals surface area contributed by atoms with Crippen molar-refractivity contribution in [3.63, 3.8) is 0 Å². The molecule has 0 unspecified atom stereocenters. The highest BCUT2D eigenvalue weighted by Crippen LogP contribution is 2.32. The summed E-state index contributed by atoms with van der Waals surface area (Å²) in [4.78, 5) is 19.4. The smallest absolute Gasteiger partial charge is 0.267 e. The minimum Gasteiger partial charge on any atom is -0.370 e. The second-order valence-electron chi connectivity index (χ2n) is 7.91. The molecule has 1 fully saturated rings. The van der Waals surface area contributed by atoms with Gasteiger partial charge in [-0.25, -0.2) is 4.68 Å². The van der Waals surface area contributed by atoms with Crippen molar-refractivity contribution in [2.45, 2.75) is 39.2 Å². The van der Waals surface area contributed by atoms with Gasteiger partial charge in [0.05, 0.1) is 17.8 Å². The third-order valence-electron chi connectivity index (χ3n) is 5.83. The Morgan fingerprint density at radius 2 is 1.93 bits per heavy atom. The number of para-hydroxylation sites is 1. The van der Waals surface area contributed by atoms with Gasteiger partial charge in [0.15, 0.2) is 0 Å². The van der Waals surface area contributed by atoms with Crippen LogP contribution in [-0.2, 0) is 19.4 Å². The Morgan fingerprint density at radius 1 is 1.11 bits per heavy atom. The van der Waals surface area contributed by atoms with E-state index in [1.54, 1.807) is 4.68 Å². The van der Waals surface area contributed by atoms with Crippen molar-refractivity contribution in [1.29, 1.82) is 0 Å². The van der Waals surface area contributed by atoms with E-state index in [1.807, 2.05) is 19.1 Å². The molecule has 27 heavy (non-hydrogen) atoms. The van der Waals surface area contributed by atoms with Crippen molar-refractivity contribution in [1.82, 2.24) is 14.8 Å². The molecule has 0 radical (unpaired) electrons. The molecule has 0 saturated carbocycles. The van der Waals surface area contributed by atoms with E-state index in [9.17, 15) is 4.79 Å². The standard InChI is InChI=1S/C22H24N4O/c1-15-10-21(18-7-3-5-9-20(18)23-15)25-12-16(13-25)14-26-22(27)11-17-6-2-4-8-19(17)24-26/h3,5,7,9-11,16H,2,4,6,8,12-14H2,1H3. The first-order valence-electron chi connectivity index (χ1n) is 9.88. The lowest BCUT2D eigenvalue weighted by Crippen LogP contribution is -2.50. The molecule has 0 amide bonds. The number of nitrogens with zero attached hydrogens (tertiary/aromatic N) is 4. The molecule has 0 spiro atoms. The summed E-state index contributed by atoms with van der Waals surface area (Å²) >= 11 is 0. The molecule has 1 aliphatic carbocycles. The molecule has 1 saturated heterocycles. The number of fused-ring (bicyclic) bond motifs is 2. The first-order valence-corrected chi connectivity index (χ1v) is 9.88. The highest BCUT2D eigenvalue weighted by molar-refractivity contribution is 5.92. The molecule has 5 heteroatoms. The van der Waals surface area contributed by atoms with Crippen LogP contribution >= 0.6 is 0 Å². The summed E-state index contributed by atoms with van der Waals surface area (Å²) in [7, 11) is 0. The Labute approximate surface area is 158 Å². The van der Waals surface area contributed by atoms with Crippen LogP contribution in [0.15, 0.2) is 41.2 Å². The largest absolute Gasteiger partial charge is 0.370 e. The maximum Gasteiger partial charge on any atom is 0.267 e. The zero-order valence-electron chi connectivity index (χ0n) is 15.7. The topological polar surface area (TPSA) is 51.0 Å². The number of rotatable bonds is 3. The number of hydrogen-bond donors (Lipinski definition) is 0. The first kappa shape index (κ1) is 16.5. The zero-order valence-corrected chi connectivity index (χ0v) is 15.7. The Bertz CT molecular complexity index is 1070. The molecule has 5 rings (SSSR count). The van der Waals surface area contributed by atoms with E-state index in [4.69, 9.17) is 0 Å². The second-order valence-corrected chi connectivity index (χ2v) is 7.91. The van der Waals surface area contributed by atoms with Gasteiger partial charge < -0.3 is 4.90 Å². The highest BCUT2D eigenvalue weighted by Gasteiger charge is 2.29. The molecule has 0 N–H and O–H groups in total. The Kier molecular flexibility index (Phi) is 3.96. The summed E-state index contributed by atoms with van der Waals surface area (Å²) in [5.74, 6) is 0.462. The third kappa shape index (κ3) is 3.01. The first-order chi connectivity index (χ1) is 13.2. The Hall–Kier alpha value is -2.69. The molecular weight excluding hydrogens is 336 g/mol. The highest BCUT2D eigenvalue weighted by atomic mass is 16.1. The minimum atomic E-state index is 0.0549. The molecule has 3 aromatic rings. The van der Waals surface area contributed by atoms with E-state index in [0.29, 0.717) is 12.5 Å². The SMILES string of the molecule is Cc1cc(N2CC(Cn3nc4c(cc3=O)CCCC4)C2)c2ccccc2n1. The molecule has 1 aliphatic heterocycles. The van der Waals surface area contributed by atoms with Crippen molar-refractivity contribution in [3.8, 4) is 0 Å². The van der Waals surface area contributed by atoms with Crippen LogP contribution < -0.4 is 10.5 Å². The average Bonchev–Trinajstić information content (AvgIpc) is 2.64. The lowest BCUT2D eigenvalue weighted by molar-refractivity contribution is 0.332. The van der Waals surface area contributed by atoms with Gasteiger partial charge in [-0.15, -0.1) is 0 Å². The molecule has 2 aromatic heterocycles. The quantitative estimate of drug-likeness (QED) is 0.720. The van der Waals surface area contributed by atoms with Gasteiger partial charge in [0.2, 0.25) is 0 Å².